The maximum Gasteiger partial charge on any atom is 0.409 e. The molecule has 1 spiro atoms. The second-order valence-corrected chi connectivity index (χ2v) is 12.3. The van der Waals surface area contributed by atoms with Crippen molar-refractivity contribution >= 4 is 17.7 Å². The average molecular weight is 513 g/mol. The molecule has 1 atom stereocenters. The lowest BCUT2D eigenvalue weighted by atomic mass is 9.82. The Labute approximate surface area is 218 Å². The third-order valence-electron chi connectivity index (χ3n) is 8.57. The average Bonchev–Trinajstić information content (AvgIpc) is 3.59. The maximum absolute atomic E-state index is 12.7. The number of rotatable bonds is 3. The highest BCUT2D eigenvalue weighted by Crippen LogP contribution is 2.51. The van der Waals surface area contributed by atoms with Gasteiger partial charge in [0, 0.05) is 55.0 Å². The number of nitrogens with zero attached hydrogens (tertiary/aromatic N) is 3. The van der Waals surface area contributed by atoms with Crippen LogP contribution in [0, 0.1) is 12.8 Å². The van der Waals surface area contributed by atoms with Crippen LogP contribution < -0.4 is 10.1 Å². The Morgan fingerprint density at radius 2 is 2.00 bits per heavy atom. The number of aryl methyl sites for hydroxylation is 1. The van der Waals surface area contributed by atoms with Crippen molar-refractivity contribution in [2.45, 2.75) is 76.4 Å². The number of amides is 1. The Morgan fingerprint density at radius 3 is 2.69 bits per heavy atom. The molecule has 0 bridgehead atoms. The van der Waals surface area contributed by atoms with Crippen LogP contribution in [0.3, 0.4) is 0 Å². The monoisotopic (exact) mass is 512 g/mol. The molecular weight excluding hydrogens is 476 g/mol. The van der Waals surface area contributed by atoms with Crippen LogP contribution >= 0.6 is 11.6 Å². The first-order valence-corrected chi connectivity index (χ1v) is 13.8. The quantitative estimate of drug-likeness (QED) is 0.586. The number of likely N-dealkylation sites (tertiary alicyclic amines) is 1. The first kappa shape index (κ1) is 24.1. The molecule has 1 saturated carbocycles. The van der Waals surface area contributed by atoms with Gasteiger partial charge in [0.1, 0.15) is 11.6 Å². The summed E-state index contributed by atoms with van der Waals surface area (Å²) in [4.78, 5) is 19.8. The zero-order valence-electron chi connectivity index (χ0n) is 21.8. The number of benzene rings is 1. The molecule has 0 radical (unpaired) electrons. The summed E-state index contributed by atoms with van der Waals surface area (Å²) >= 11 is 6.58. The van der Waals surface area contributed by atoms with Gasteiger partial charge < -0.3 is 24.3 Å². The third-order valence-corrected chi connectivity index (χ3v) is 8.98. The minimum Gasteiger partial charge on any atom is -0.480 e. The molecule has 194 valence electrons. The van der Waals surface area contributed by atoms with Crippen molar-refractivity contribution in [2.24, 2.45) is 13.0 Å². The van der Waals surface area contributed by atoms with Crippen LogP contribution in [0.15, 0.2) is 12.1 Å². The fraction of sp³-hybridized carbons (Fsp3) is 0.643. The van der Waals surface area contributed by atoms with Crippen LogP contribution in [-0.2, 0) is 17.4 Å². The fourth-order valence-corrected chi connectivity index (χ4v) is 6.49. The molecule has 7 nitrogen and oxygen atoms in total. The molecule has 1 unspecified atom stereocenters. The van der Waals surface area contributed by atoms with Gasteiger partial charge in [-0.25, -0.2) is 9.78 Å². The number of carbonyl (C=O) groups excluding carboxylic acids is 1. The van der Waals surface area contributed by atoms with E-state index in [1.807, 2.05) is 24.0 Å². The smallest absolute Gasteiger partial charge is 0.409 e. The van der Waals surface area contributed by atoms with Crippen LogP contribution in [0.4, 0.5) is 4.79 Å². The second-order valence-electron chi connectivity index (χ2n) is 11.9. The Kier molecular flexibility index (Phi) is 5.80. The fourth-order valence-electron chi connectivity index (χ4n) is 6.32. The summed E-state index contributed by atoms with van der Waals surface area (Å²) in [7, 11) is 2.14. The Balaban J connectivity index is 1.35. The first-order chi connectivity index (χ1) is 17.2. The molecule has 1 amide bonds. The zero-order valence-corrected chi connectivity index (χ0v) is 22.6. The lowest BCUT2D eigenvalue weighted by Crippen LogP contribution is -2.50. The molecule has 4 aliphatic rings. The molecule has 1 N–H and O–H groups in total. The van der Waals surface area contributed by atoms with Gasteiger partial charge in [0.25, 0.3) is 0 Å². The van der Waals surface area contributed by atoms with E-state index in [0.29, 0.717) is 44.4 Å². The molecule has 2 aromatic rings. The number of ether oxygens (including phenoxy) is 2. The highest BCUT2D eigenvalue weighted by Gasteiger charge is 2.48. The number of imidazole rings is 1. The van der Waals surface area contributed by atoms with Gasteiger partial charge in [-0.1, -0.05) is 11.6 Å². The Morgan fingerprint density at radius 1 is 1.25 bits per heavy atom. The largest absolute Gasteiger partial charge is 0.480 e. The second kappa shape index (κ2) is 8.66. The summed E-state index contributed by atoms with van der Waals surface area (Å²) in [5.41, 5.74) is 3.61. The normalized spacial score (nSPS) is 24.1. The number of hydrogen-bond acceptors (Lipinski definition) is 5. The van der Waals surface area contributed by atoms with Gasteiger partial charge >= 0.3 is 6.09 Å². The van der Waals surface area contributed by atoms with Crippen molar-refractivity contribution in [2.75, 3.05) is 26.2 Å². The number of piperidine rings is 2. The van der Waals surface area contributed by atoms with Crippen LogP contribution in [0.25, 0.3) is 11.3 Å². The van der Waals surface area contributed by atoms with E-state index in [2.05, 4.69) is 30.8 Å². The number of nitrogens with one attached hydrogen (secondary N) is 1. The van der Waals surface area contributed by atoms with Crippen molar-refractivity contribution in [3.63, 3.8) is 0 Å². The minimum absolute atomic E-state index is 0.0774. The maximum atomic E-state index is 12.7. The summed E-state index contributed by atoms with van der Waals surface area (Å²) in [5.74, 6) is 2.89. The van der Waals surface area contributed by atoms with Crippen molar-refractivity contribution < 1.29 is 14.3 Å². The van der Waals surface area contributed by atoms with Gasteiger partial charge in [0.2, 0.25) is 0 Å². The minimum atomic E-state index is -0.529. The zero-order chi connectivity index (χ0) is 25.2. The van der Waals surface area contributed by atoms with E-state index < -0.39 is 5.60 Å². The van der Waals surface area contributed by atoms with Gasteiger partial charge in [-0.3, -0.25) is 0 Å². The topological polar surface area (TPSA) is 68.6 Å². The SMILES string of the molecule is Cc1cc2c(cc1Cl)-c1nc(C3CCNC(C)(C)C3)n(C)c1C1(CCN(C(=O)OCC3CC3)CC1)O2. The van der Waals surface area contributed by atoms with Gasteiger partial charge in [-0.2, -0.15) is 0 Å². The third kappa shape index (κ3) is 4.18. The Hall–Kier alpha value is -2.25. The molecule has 6 rings (SSSR count). The van der Waals surface area contributed by atoms with E-state index in [1.54, 1.807) is 0 Å². The molecule has 3 fully saturated rings. The van der Waals surface area contributed by atoms with Crippen LogP contribution in [0.5, 0.6) is 5.75 Å². The van der Waals surface area contributed by atoms with Gasteiger partial charge in [-0.15, -0.1) is 0 Å². The van der Waals surface area contributed by atoms with E-state index in [0.717, 1.165) is 58.5 Å². The van der Waals surface area contributed by atoms with E-state index in [1.165, 1.54) is 12.8 Å². The number of fused-ring (bicyclic) bond motifs is 4. The van der Waals surface area contributed by atoms with Crippen LogP contribution in [-0.4, -0.2) is 52.3 Å². The predicted octanol–water partition coefficient (Wildman–Crippen LogP) is 5.52. The molecule has 3 aliphatic heterocycles. The van der Waals surface area contributed by atoms with E-state index in [4.69, 9.17) is 26.1 Å². The number of hydrogen-bond donors (Lipinski definition) is 1. The molecule has 1 aromatic carbocycles. The van der Waals surface area contributed by atoms with Crippen molar-refractivity contribution in [3.05, 3.63) is 34.2 Å². The van der Waals surface area contributed by atoms with Crippen molar-refractivity contribution in [3.8, 4) is 17.0 Å². The number of halogens is 1. The first-order valence-electron chi connectivity index (χ1n) is 13.4. The molecule has 8 heteroatoms. The molecule has 36 heavy (non-hydrogen) atoms. The standard InChI is InChI=1S/C28H37ClN4O3/c1-17-13-22-20(14-21(17)29)23-24(32(4)25(31-23)19-7-10-30-27(2,3)15-19)28(36-22)8-11-33(12-9-28)26(34)35-16-18-5-6-18/h13-14,18-19,30H,5-12,15-16H2,1-4H3. The van der Waals surface area contributed by atoms with Gasteiger partial charge in [0.05, 0.1) is 18.0 Å². The highest BCUT2D eigenvalue weighted by molar-refractivity contribution is 6.31. The van der Waals surface area contributed by atoms with Crippen LogP contribution in [0.2, 0.25) is 5.02 Å². The van der Waals surface area contributed by atoms with Gasteiger partial charge in [0.15, 0.2) is 5.60 Å². The summed E-state index contributed by atoms with van der Waals surface area (Å²) < 4.78 is 14.7. The molecule has 1 aliphatic carbocycles. The molecule has 4 heterocycles. The summed E-state index contributed by atoms with van der Waals surface area (Å²) in [6, 6.07) is 4.05. The van der Waals surface area contributed by atoms with Crippen molar-refractivity contribution in [1.29, 1.82) is 0 Å². The van der Waals surface area contributed by atoms with E-state index in [-0.39, 0.29) is 11.6 Å². The lowest BCUT2D eigenvalue weighted by Gasteiger charge is -2.44. The number of aromatic nitrogens is 2. The number of carbonyl (C=O) groups is 1. The lowest BCUT2D eigenvalue weighted by molar-refractivity contribution is -0.0112. The van der Waals surface area contributed by atoms with Gasteiger partial charge in [-0.05, 0) is 76.6 Å². The van der Waals surface area contributed by atoms with E-state index >= 15 is 0 Å². The molecule has 1 aromatic heterocycles. The van der Waals surface area contributed by atoms with Crippen molar-refractivity contribution in [1.82, 2.24) is 19.8 Å². The molecule has 2 saturated heterocycles. The summed E-state index contributed by atoms with van der Waals surface area (Å²) in [6.07, 6.45) is 5.65. The van der Waals surface area contributed by atoms with E-state index in [9.17, 15) is 4.79 Å². The molecular formula is C28H37ClN4O3. The van der Waals surface area contributed by atoms with Crippen LogP contribution in [0.1, 0.15) is 75.4 Å². The summed E-state index contributed by atoms with van der Waals surface area (Å²) in [5, 5.41) is 4.36. The predicted molar refractivity (Wildman–Crippen MR) is 140 cm³/mol. The highest BCUT2D eigenvalue weighted by atomic mass is 35.5. The summed E-state index contributed by atoms with van der Waals surface area (Å²) in [6.45, 7) is 9.28. The Bertz CT molecular complexity index is 1190.